The van der Waals surface area contributed by atoms with Gasteiger partial charge in [-0.05, 0) is 22.8 Å². The molecular weight excluding hydrogens is 250 g/mol. The molecule has 0 saturated heterocycles. The average Bonchev–Trinajstić information content (AvgIpc) is 2.47. The summed E-state index contributed by atoms with van der Waals surface area (Å²) in [6, 6.07) is 17.6. The van der Waals surface area contributed by atoms with Crippen LogP contribution >= 0.6 is 0 Å². The van der Waals surface area contributed by atoms with Crippen molar-refractivity contribution in [3.8, 4) is 11.1 Å². The molecule has 0 aliphatic rings. The van der Waals surface area contributed by atoms with Crippen LogP contribution in [-0.2, 0) is 11.2 Å². The molecule has 0 fully saturated rings. The number of rotatable bonds is 3. The fourth-order valence-electron chi connectivity index (χ4n) is 2.43. The third kappa shape index (κ3) is 2.26. The summed E-state index contributed by atoms with van der Waals surface area (Å²) in [6.45, 7) is 0. The summed E-state index contributed by atoms with van der Waals surface area (Å²) in [5.74, 6) is -0.848. The van der Waals surface area contributed by atoms with E-state index in [1.165, 1.54) is 0 Å². The largest absolute Gasteiger partial charge is 0.481 e. The van der Waals surface area contributed by atoms with Crippen LogP contribution in [0, 0.1) is 0 Å². The molecule has 0 spiro atoms. The molecule has 3 rings (SSSR count). The Morgan fingerprint density at radius 3 is 2.45 bits per heavy atom. The number of hydrogen-bond acceptors (Lipinski definition) is 2. The molecule has 0 saturated carbocycles. The quantitative estimate of drug-likeness (QED) is 0.786. The Labute approximate surface area is 116 Å². The number of carboxylic acids is 1. The van der Waals surface area contributed by atoms with Gasteiger partial charge in [0.25, 0.3) is 0 Å². The van der Waals surface area contributed by atoms with Gasteiger partial charge < -0.3 is 5.11 Å². The number of carbonyl (C=O) groups is 1. The summed E-state index contributed by atoms with van der Waals surface area (Å²) in [5.41, 5.74) is 3.59. The van der Waals surface area contributed by atoms with Gasteiger partial charge in [0.05, 0.1) is 11.9 Å². The average molecular weight is 263 g/mol. The minimum absolute atomic E-state index is 0.0257. The van der Waals surface area contributed by atoms with Crippen molar-refractivity contribution in [2.24, 2.45) is 0 Å². The molecule has 3 aromatic rings. The minimum Gasteiger partial charge on any atom is -0.481 e. The van der Waals surface area contributed by atoms with Gasteiger partial charge in [-0.15, -0.1) is 0 Å². The van der Waals surface area contributed by atoms with Crippen molar-refractivity contribution in [2.75, 3.05) is 0 Å². The summed E-state index contributed by atoms with van der Waals surface area (Å²) in [7, 11) is 0. The second kappa shape index (κ2) is 5.13. The van der Waals surface area contributed by atoms with E-state index in [4.69, 9.17) is 5.11 Å². The van der Waals surface area contributed by atoms with Crippen LogP contribution in [-0.4, -0.2) is 16.1 Å². The Morgan fingerprint density at radius 2 is 1.70 bits per heavy atom. The molecule has 3 nitrogen and oxygen atoms in total. The number of pyridine rings is 1. The van der Waals surface area contributed by atoms with Crippen molar-refractivity contribution in [1.29, 1.82) is 0 Å². The third-order valence-corrected chi connectivity index (χ3v) is 3.26. The third-order valence-electron chi connectivity index (χ3n) is 3.26. The summed E-state index contributed by atoms with van der Waals surface area (Å²) < 4.78 is 0. The summed E-state index contributed by atoms with van der Waals surface area (Å²) in [6.07, 6.45) is 1.64. The Morgan fingerprint density at radius 1 is 1.00 bits per heavy atom. The molecule has 0 amide bonds. The monoisotopic (exact) mass is 263 g/mol. The van der Waals surface area contributed by atoms with Crippen LogP contribution in [0.15, 0.2) is 60.8 Å². The van der Waals surface area contributed by atoms with Crippen LogP contribution in [0.1, 0.15) is 5.56 Å². The van der Waals surface area contributed by atoms with Gasteiger partial charge in [-0.3, -0.25) is 9.78 Å². The van der Waals surface area contributed by atoms with E-state index < -0.39 is 5.97 Å². The van der Waals surface area contributed by atoms with E-state index in [-0.39, 0.29) is 6.42 Å². The number of aliphatic carboxylic acids is 1. The Hall–Kier alpha value is -2.68. The highest BCUT2D eigenvalue weighted by molar-refractivity contribution is 5.97. The van der Waals surface area contributed by atoms with Crippen LogP contribution in [0.5, 0.6) is 0 Å². The summed E-state index contributed by atoms with van der Waals surface area (Å²) >= 11 is 0. The second-order valence-electron chi connectivity index (χ2n) is 4.61. The Kier molecular flexibility index (Phi) is 3.17. The lowest BCUT2D eigenvalue weighted by atomic mass is 9.95. The van der Waals surface area contributed by atoms with E-state index in [1.54, 1.807) is 6.20 Å². The standard InChI is InChI=1S/C17H13NO2/c19-16(20)10-13-11-18-15-9-5-4-8-14(15)17(13)12-6-2-1-3-7-12/h1-9,11H,10H2,(H,19,20). The Balaban J connectivity index is 2.31. The highest BCUT2D eigenvalue weighted by Gasteiger charge is 2.13. The normalized spacial score (nSPS) is 10.6. The first-order valence-corrected chi connectivity index (χ1v) is 6.39. The van der Waals surface area contributed by atoms with Gasteiger partial charge in [-0.25, -0.2) is 0 Å². The maximum Gasteiger partial charge on any atom is 0.307 e. The first kappa shape index (κ1) is 12.4. The predicted octanol–water partition coefficient (Wildman–Crippen LogP) is 3.53. The molecule has 0 unspecified atom stereocenters. The number of aromatic nitrogens is 1. The molecule has 1 heterocycles. The van der Waals surface area contributed by atoms with E-state index in [1.807, 2.05) is 54.6 Å². The van der Waals surface area contributed by atoms with Crippen LogP contribution in [0.3, 0.4) is 0 Å². The van der Waals surface area contributed by atoms with Gasteiger partial charge in [0.1, 0.15) is 0 Å². The van der Waals surface area contributed by atoms with Crippen molar-refractivity contribution in [3.63, 3.8) is 0 Å². The van der Waals surface area contributed by atoms with Gasteiger partial charge in [0, 0.05) is 11.6 Å². The zero-order valence-electron chi connectivity index (χ0n) is 10.8. The number of fused-ring (bicyclic) bond motifs is 1. The van der Waals surface area contributed by atoms with Gasteiger partial charge >= 0.3 is 5.97 Å². The number of hydrogen-bond donors (Lipinski definition) is 1. The Bertz CT molecular complexity index is 766. The molecule has 98 valence electrons. The number of benzene rings is 2. The molecular formula is C17H13NO2. The van der Waals surface area contributed by atoms with Crippen LogP contribution in [0.4, 0.5) is 0 Å². The number of para-hydroxylation sites is 1. The number of carboxylic acid groups (broad SMARTS) is 1. The van der Waals surface area contributed by atoms with E-state index in [9.17, 15) is 4.79 Å². The second-order valence-corrected chi connectivity index (χ2v) is 4.61. The highest BCUT2D eigenvalue weighted by Crippen LogP contribution is 2.31. The van der Waals surface area contributed by atoms with E-state index in [2.05, 4.69) is 4.98 Å². The molecule has 3 heteroatoms. The van der Waals surface area contributed by atoms with Gasteiger partial charge in [0.15, 0.2) is 0 Å². The topological polar surface area (TPSA) is 50.2 Å². The predicted molar refractivity (Wildman–Crippen MR) is 78.5 cm³/mol. The smallest absolute Gasteiger partial charge is 0.307 e. The highest BCUT2D eigenvalue weighted by atomic mass is 16.4. The minimum atomic E-state index is -0.848. The maximum atomic E-state index is 11.1. The van der Waals surface area contributed by atoms with Crippen molar-refractivity contribution in [1.82, 2.24) is 4.98 Å². The zero-order valence-corrected chi connectivity index (χ0v) is 10.8. The molecule has 0 atom stereocenters. The van der Waals surface area contributed by atoms with Gasteiger partial charge in [-0.1, -0.05) is 48.5 Å². The van der Waals surface area contributed by atoms with Crippen LogP contribution < -0.4 is 0 Å². The lowest BCUT2D eigenvalue weighted by Gasteiger charge is -2.11. The molecule has 20 heavy (non-hydrogen) atoms. The number of nitrogens with zero attached hydrogens (tertiary/aromatic N) is 1. The molecule has 0 aliphatic heterocycles. The van der Waals surface area contributed by atoms with Crippen molar-refractivity contribution in [2.45, 2.75) is 6.42 Å². The maximum absolute atomic E-state index is 11.1. The lowest BCUT2D eigenvalue weighted by molar-refractivity contribution is -0.136. The van der Waals surface area contributed by atoms with E-state index >= 15 is 0 Å². The van der Waals surface area contributed by atoms with E-state index in [0.29, 0.717) is 0 Å². The zero-order chi connectivity index (χ0) is 13.9. The fraction of sp³-hybridized carbons (Fsp3) is 0.0588. The van der Waals surface area contributed by atoms with Crippen molar-refractivity contribution in [3.05, 3.63) is 66.4 Å². The van der Waals surface area contributed by atoms with E-state index in [0.717, 1.165) is 27.6 Å². The molecule has 0 aliphatic carbocycles. The molecule has 1 N–H and O–H groups in total. The van der Waals surface area contributed by atoms with Gasteiger partial charge in [0.2, 0.25) is 0 Å². The first-order chi connectivity index (χ1) is 9.75. The summed E-state index contributed by atoms with van der Waals surface area (Å²) in [5, 5.41) is 10.1. The van der Waals surface area contributed by atoms with Gasteiger partial charge in [-0.2, -0.15) is 0 Å². The van der Waals surface area contributed by atoms with Crippen LogP contribution in [0.2, 0.25) is 0 Å². The van der Waals surface area contributed by atoms with Crippen LogP contribution in [0.25, 0.3) is 22.0 Å². The van der Waals surface area contributed by atoms with Crippen molar-refractivity contribution >= 4 is 16.9 Å². The molecule has 0 radical (unpaired) electrons. The first-order valence-electron chi connectivity index (χ1n) is 6.39. The van der Waals surface area contributed by atoms with Crippen molar-refractivity contribution < 1.29 is 9.90 Å². The summed E-state index contributed by atoms with van der Waals surface area (Å²) in [4.78, 5) is 15.4. The molecule has 0 bridgehead atoms. The molecule has 1 aromatic heterocycles. The fourth-order valence-corrected chi connectivity index (χ4v) is 2.43. The molecule has 2 aromatic carbocycles. The lowest BCUT2D eigenvalue weighted by Crippen LogP contribution is -2.03. The SMILES string of the molecule is O=C(O)Cc1cnc2ccccc2c1-c1ccccc1.